The molecule has 3 aromatic rings. The summed E-state index contributed by atoms with van der Waals surface area (Å²) in [6.45, 7) is 6.79. The van der Waals surface area contributed by atoms with Gasteiger partial charge in [0.15, 0.2) is 0 Å². The fourth-order valence-electron chi connectivity index (χ4n) is 2.64. The van der Waals surface area contributed by atoms with E-state index in [1.54, 1.807) is 6.33 Å². The molecular formula is C20H22N4O. The Morgan fingerprint density at radius 3 is 2.00 bits per heavy atom. The summed E-state index contributed by atoms with van der Waals surface area (Å²) in [5.74, 6) is 2.33. The Balaban J connectivity index is 1.72. The summed E-state index contributed by atoms with van der Waals surface area (Å²) < 4.78 is 5.45. The van der Waals surface area contributed by atoms with Crippen molar-refractivity contribution in [2.45, 2.75) is 20.8 Å². The fraction of sp³-hybridized carbons (Fsp3) is 0.200. The number of aromatic nitrogens is 2. The standard InChI is InChI=1S/C20H22N4O/c1-4-25-18-7-5-16(6-8-18)23-19-12-20(22-13-21-19)24-17-10-14(2)9-15(3)11-17/h5-13H,4H2,1-3H3,(H2,21,22,23,24). The normalized spacial score (nSPS) is 10.4. The molecule has 1 heterocycles. The van der Waals surface area contributed by atoms with Crippen molar-refractivity contribution in [2.24, 2.45) is 0 Å². The zero-order valence-corrected chi connectivity index (χ0v) is 14.7. The summed E-state index contributed by atoms with van der Waals surface area (Å²) in [7, 11) is 0. The van der Waals surface area contributed by atoms with Crippen LogP contribution in [0.15, 0.2) is 54.9 Å². The van der Waals surface area contributed by atoms with Crippen molar-refractivity contribution >= 4 is 23.0 Å². The molecule has 0 atom stereocenters. The van der Waals surface area contributed by atoms with E-state index in [2.05, 4.69) is 52.6 Å². The zero-order valence-electron chi connectivity index (χ0n) is 14.7. The Morgan fingerprint density at radius 1 is 0.800 bits per heavy atom. The van der Waals surface area contributed by atoms with Crippen LogP contribution in [0.1, 0.15) is 18.1 Å². The second-order valence-corrected chi connectivity index (χ2v) is 5.87. The topological polar surface area (TPSA) is 59.1 Å². The third-order valence-corrected chi connectivity index (χ3v) is 3.60. The van der Waals surface area contributed by atoms with Crippen LogP contribution in [0, 0.1) is 13.8 Å². The molecule has 0 aliphatic rings. The molecule has 3 rings (SSSR count). The SMILES string of the molecule is CCOc1ccc(Nc2cc(Nc3cc(C)cc(C)c3)ncn2)cc1. The van der Waals surface area contributed by atoms with Crippen LogP contribution >= 0.6 is 0 Å². The van der Waals surface area contributed by atoms with Crippen molar-refractivity contribution in [2.75, 3.05) is 17.2 Å². The van der Waals surface area contributed by atoms with Gasteiger partial charge in [0.1, 0.15) is 23.7 Å². The van der Waals surface area contributed by atoms with Crippen LogP contribution in [0.3, 0.4) is 0 Å². The smallest absolute Gasteiger partial charge is 0.135 e. The molecule has 0 spiro atoms. The maximum Gasteiger partial charge on any atom is 0.135 e. The first kappa shape index (κ1) is 16.8. The summed E-state index contributed by atoms with van der Waals surface area (Å²) in [6, 6.07) is 16.0. The van der Waals surface area contributed by atoms with Gasteiger partial charge in [-0.1, -0.05) is 6.07 Å². The second kappa shape index (κ2) is 7.66. The molecule has 2 N–H and O–H groups in total. The molecule has 0 aliphatic carbocycles. The second-order valence-electron chi connectivity index (χ2n) is 5.87. The van der Waals surface area contributed by atoms with Crippen LogP contribution in [-0.4, -0.2) is 16.6 Å². The molecule has 0 bridgehead atoms. The summed E-state index contributed by atoms with van der Waals surface area (Å²) in [4.78, 5) is 8.57. The van der Waals surface area contributed by atoms with E-state index >= 15 is 0 Å². The number of hydrogen-bond donors (Lipinski definition) is 2. The van der Waals surface area contributed by atoms with Gasteiger partial charge in [0.2, 0.25) is 0 Å². The van der Waals surface area contributed by atoms with E-state index in [4.69, 9.17) is 4.74 Å². The number of aryl methyl sites for hydroxylation is 2. The Kier molecular flexibility index (Phi) is 5.14. The Labute approximate surface area is 148 Å². The van der Waals surface area contributed by atoms with Gasteiger partial charge in [-0.05, 0) is 68.3 Å². The lowest BCUT2D eigenvalue weighted by Gasteiger charge is -2.10. The van der Waals surface area contributed by atoms with E-state index in [-0.39, 0.29) is 0 Å². The van der Waals surface area contributed by atoms with Crippen LogP contribution in [-0.2, 0) is 0 Å². The number of ether oxygens (including phenoxy) is 1. The van der Waals surface area contributed by atoms with Crippen LogP contribution < -0.4 is 15.4 Å². The number of rotatable bonds is 6. The summed E-state index contributed by atoms with van der Waals surface area (Å²) in [6.07, 6.45) is 1.54. The van der Waals surface area contributed by atoms with Gasteiger partial charge < -0.3 is 15.4 Å². The maximum atomic E-state index is 5.45. The monoisotopic (exact) mass is 334 g/mol. The van der Waals surface area contributed by atoms with Crippen LogP contribution in [0.25, 0.3) is 0 Å². The van der Waals surface area contributed by atoms with Crippen molar-refractivity contribution in [1.29, 1.82) is 0 Å². The largest absolute Gasteiger partial charge is 0.494 e. The van der Waals surface area contributed by atoms with Crippen molar-refractivity contribution in [3.63, 3.8) is 0 Å². The fourth-order valence-corrected chi connectivity index (χ4v) is 2.64. The highest BCUT2D eigenvalue weighted by molar-refractivity contribution is 5.64. The Hall–Kier alpha value is -3.08. The molecule has 5 heteroatoms. The third-order valence-electron chi connectivity index (χ3n) is 3.60. The number of hydrogen-bond acceptors (Lipinski definition) is 5. The molecule has 0 radical (unpaired) electrons. The minimum absolute atomic E-state index is 0.659. The molecule has 0 unspecified atom stereocenters. The van der Waals surface area contributed by atoms with Crippen molar-refractivity contribution in [1.82, 2.24) is 9.97 Å². The van der Waals surface area contributed by atoms with E-state index in [1.807, 2.05) is 37.3 Å². The average Bonchev–Trinajstić information content (AvgIpc) is 2.56. The van der Waals surface area contributed by atoms with Gasteiger partial charge in [-0.25, -0.2) is 9.97 Å². The molecule has 0 saturated carbocycles. The van der Waals surface area contributed by atoms with Gasteiger partial charge in [0.25, 0.3) is 0 Å². The Bertz CT molecular complexity index is 826. The molecule has 5 nitrogen and oxygen atoms in total. The molecule has 25 heavy (non-hydrogen) atoms. The number of anilines is 4. The van der Waals surface area contributed by atoms with Crippen molar-refractivity contribution < 1.29 is 4.74 Å². The van der Waals surface area contributed by atoms with Crippen LogP contribution in [0.4, 0.5) is 23.0 Å². The molecule has 1 aromatic heterocycles. The lowest BCUT2D eigenvalue weighted by molar-refractivity contribution is 0.340. The minimum Gasteiger partial charge on any atom is -0.494 e. The summed E-state index contributed by atoms with van der Waals surface area (Å²) in [5, 5.41) is 6.60. The number of benzene rings is 2. The summed E-state index contributed by atoms with van der Waals surface area (Å²) >= 11 is 0. The number of nitrogens with one attached hydrogen (secondary N) is 2. The summed E-state index contributed by atoms with van der Waals surface area (Å²) in [5.41, 5.74) is 4.39. The first-order chi connectivity index (χ1) is 12.1. The first-order valence-corrected chi connectivity index (χ1v) is 8.29. The van der Waals surface area contributed by atoms with E-state index < -0.39 is 0 Å². The molecule has 0 fully saturated rings. The van der Waals surface area contributed by atoms with Gasteiger partial charge >= 0.3 is 0 Å². The molecule has 0 saturated heterocycles. The van der Waals surface area contributed by atoms with Crippen LogP contribution in [0.2, 0.25) is 0 Å². The van der Waals surface area contributed by atoms with Gasteiger partial charge in [-0.3, -0.25) is 0 Å². The number of nitrogens with zero attached hydrogens (tertiary/aromatic N) is 2. The average molecular weight is 334 g/mol. The maximum absolute atomic E-state index is 5.45. The van der Waals surface area contributed by atoms with Gasteiger partial charge in [0, 0.05) is 17.4 Å². The first-order valence-electron chi connectivity index (χ1n) is 8.29. The van der Waals surface area contributed by atoms with Crippen LogP contribution in [0.5, 0.6) is 5.75 Å². The minimum atomic E-state index is 0.659. The van der Waals surface area contributed by atoms with Crippen molar-refractivity contribution in [3.05, 3.63) is 66.0 Å². The van der Waals surface area contributed by atoms with Gasteiger partial charge in [-0.15, -0.1) is 0 Å². The molecule has 128 valence electrons. The van der Waals surface area contributed by atoms with E-state index in [0.717, 1.165) is 28.8 Å². The van der Waals surface area contributed by atoms with Gasteiger partial charge in [-0.2, -0.15) is 0 Å². The quantitative estimate of drug-likeness (QED) is 0.666. The van der Waals surface area contributed by atoms with E-state index in [1.165, 1.54) is 11.1 Å². The van der Waals surface area contributed by atoms with Crippen molar-refractivity contribution in [3.8, 4) is 5.75 Å². The predicted octanol–water partition coefficient (Wildman–Crippen LogP) is 4.98. The highest BCUT2D eigenvalue weighted by atomic mass is 16.5. The molecule has 0 amide bonds. The molecular weight excluding hydrogens is 312 g/mol. The zero-order chi connectivity index (χ0) is 17.6. The van der Waals surface area contributed by atoms with E-state index in [0.29, 0.717) is 6.61 Å². The molecule has 2 aromatic carbocycles. The van der Waals surface area contributed by atoms with Gasteiger partial charge in [0.05, 0.1) is 6.61 Å². The molecule has 0 aliphatic heterocycles. The highest BCUT2D eigenvalue weighted by Crippen LogP contribution is 2.22. The third kappa shape index (κ3) is 4.70. The highest BCUT2D eigenvalue weighted by Gasteiger charge is 2.02. The predicted molar refractivity (Wildman–Crippen MR) is 102 cm³/mol. The lowest BCUT2D eigenvalue weighted by Crippen LogP contribution is -1.99. The van der Waals surface area contributed by atoms with E-state index in [9.17, 15) is 0 Å². The Morgan fingerprint density at radius 2 is 1.40 bits per heavy atom. The lowest BCUT2D eigenvalue weighted by atomic mass is 10.1.